The van der Waals surface area contributed by atoms with E-state index in [2.05, 4.69) is 13.0 Å². The van der Waals surface area contributed by atoms with E-state index in [9.17, 15) is 4.79 Å². The number of rotatable bonds is 3. The molecule has 0 fully saturated rings. The fourth-order valence-corrected chi connectivity index (χ4v) is 1.27. The van der Waals surface area contributed by atoms with E-state index in [1.54, 1.807) is 6.92 Å². The Kier molecular flexibility index (Phi) is 3.69. The number of aryl methyl sites for hydroxylation is 2. The van der Waals surface area contributed by atoms with Gasteiger partial charge < -0.3 is 4.74 Å². The van der Waals surface area contributed by atoms with Crippen molar-refractivity contribution in [2.75, 3.05) is 0 Å². The lowest BCUT2D eigenvalue weighted by molar-refractivity contribution is -0.144. The number of carbonyl (C=O) groups excluding carboxylic acids is 1. The van der Waals surface area contributed by atoms with Crippen LogP contribution in [-0.2, 0) is 16.1 Å². The Balaban J connectivity index is 2.63. The second-order valence-electron chi connectivity index (χ2n) is 3.44. The van der Waals surface area contributed by atoms with E-state index < -0.39 is 0 Å². The van der Waals surface area contributed by atoms with Crippen molar-refractivity contribution < 1.29 is 9.53 Å². The maximum atomic E-state index is 10.9. The standard InChI is InChI=1S/C12H16O2/c1-4-12(13)14-8-11-6-5-9(2)7-10(11)3/h5-7H,4,8H2,1-3H3. The molecule has 14 heavy (non-hydrogen) atoms. The Bertz CT molecular complexity index is 329. The van der Waals surface area contributed by atoms with Crippen molar-refractivity contribution in [1.82, 2.24) is 0 Å². The summed E-state index contributed by atoms with van der Waals surface area (Å²) in [5.41, 5.74) is 3.49. The van der Waals surface area contributed by atoms with E-state index in [0.717, 1.165) is 5.56 Å². The first-order valence-corrected chi connectivity index (χ1v) is 4.85. The zero-order valence-corrected chi connectivity index (χ0v) is 8.96. The van der Waals surface area contributed by atoms with Gasteiger partial charge in [-0.05, 0) is 25.0 Å². The van der Waals surface area contributed by atoms with Crippen molar-refractivity contribution in [3.63, 3.8) is 0 Å². The fourth-order valence-electron chi connectivity index (χ4n) is 1.27. The smallest absolute Gasteiger partial charge is 0.305 e. The normalized spacial score (nSPS) is 9.93. The number of benzene rings is 1. The van der Waals surface area contributed by atoms with Crippen molar-refractivity contribution in [1.29, 1.82) is 0 Å². The summed E-state index contributed by atoms with van der Waals surface area (Å²) >= 11 is 0. The van der Waals surface area contributed by atoms with E-state index in [1.165, 1.54) is 11.1 Å². The Labute approximate surface area is 84.9 Å². The van der Waals surface area contributed by atoms with Crippen LogP contribution in [0.3, 0.4) is 0 Å². The van der Waals surface area contributed by atoms with Gasteiger partial charge in [0.1, 0.15) is 6.61 Å². The van der Waals surface area contributed by atoms with E-state index >= 15 is 0 Å². The molecule has 0 amide bonds. The van der Waals surface area contributed by atoms with Crippen LogP contribution in [-0.4, -0.2) is 5.97 Å². The molecule has 0 aliphatic heterocycles. The molecule has 0 aliphatic rings. The number of hydrogen-bond acceptors (Lipinski definition) is 2. The monoisotopic (exact) mass is 192 g/mol. The molecular formula is C12H16O2. The molecule has 0 saturated carbocycles. The topological polar surface area (TPSA) is 26.3 Å². The lowest BCUT2D eigenvalue weighted by Gasteiger charge is -2.07. The summed E-state index contributed by atoms with van der Waals surface area (Å²) in [4.78, 5) is 10.9. The van der Waals surface area contributed by atoms with Crippen LogP contribution in [0.15, 0.2) is 18.2 Å². The molecule has 1 aromatic carbocycles. The van der Waals surface area contributed by atoms with Gasteiger partial charge in [0, 0.05) is 6.42 Å². The van der Waals surface area contributed by atoms with Crippen LogP contribution in [0.25, 0.3) is 0 Å². The minimum absolute atomic E-state index is 0.148. The molecule has 2 heteroatoms. The number of carbonyl (C=O) groups is 1. The average molecular weight is 192 g/mol. The van der Waals surface area contributed by atoms with Gasteiger partial charge in [-0.15, -0.1) is 0 Å². The lowest BCUT2D eigenvalue weighted by atomic mass is 10.1. The predicted octanol–water partition coefficient (Wildman–Crippen LogP) is 2.76. The van der Waals surface area contributed by atoms with Gasteiger partial charge in [-0.3, -0.25) is 4.79 Å². The molecule has 0 atom stereocenters. The zero-order valence-electron chi connectivity index (χ0n) is 8.96. The molecule has 76 valence electrons. The van der Waals surface area contributed by atoms with E-state index in [1.807, 2.05) is 19.1 Å². The quantitative estimate of drug-likeness (QED) is 0.688. The largest absolute Gasteiger partial charge is 0.461 e. The molecule has 0 heterocycles. The summed E-state index contributed by atoms with van der Waals surface area (Å²) in [5, 5.41) is 0. The zero-order chi connectivity index (χ0) is 10.6. The second-order valence-corrected chi connectivity index (χ2v) is 3.44. The Morgan fingerprint density at radius 1 is 1.36 bits per heavy atom. The van der Waals surface area contributed by atoms with Gasteiger partial charge >= 0.3 is 5.97 Å². The third-order valence-electron chi connectivity index (χ3n) is 2.18. The highest BCUT2D eigenvalue weighted by Gasteiger charge is 2.02. The first-order chi connectivity index (χ1) is 6.63. The molecule has 0 radical (unpaired) electrons. The van der Waals surface area contributed by atoms with Gasteiger partial charge in [0.25, 0.3) is 0 Å². The summed E-state index contributed by atoms with van der Waals surface area (Å²) in [6, 6.07) is 6.13. The van der Waals surface area contributed by atoms with Gasteiger partial charge in [-0.2, -0.15) is 0 Å². The van der Waals surface area contributed by atoms with Crippen molar-refractivity contribution in [3.05, 3.63) is 34.9 Å². The van der Waals surface area contributed by atoms with E-state index in [4.69, 9.17) is 4.74 Å². The van der Waals surface area contributed by atoms with Crippen LogP contribution in [0.5, 0.6) is 0 Å². The molecule has 0 aromatic heterocycles. The highest BCUT2D eigenvalue weighted by atomic mass is 16.5. The summed E-state index contributed by atoms with van der Waals surface area (Å²) in [7, 11) is 0. The van der Waals surface area contributed by atoms with Crippen LogP contribution in [0, 0.1) is 13.8 Å². The van der Waals surface area contributed by atoms with Crippen molar-refractivity contribution >= 4 is 5.97 Å². The third-order valence-corrected chi connectivity index (χ3v) is 2.18. The molecule has 0 bridgehead atoms. The first kappa shape index (κ1) is 10.8. The maximum Gasteiger partial charge on any atom is 0.305 e. The van der Waals surface area contributed by atoms with Crippen LogP contribution < -0.4 is 0 Å². The van der Waals surface area contributed by atoms with Crippen LogP contribution in [0.4, 0.5) is 0 Å². The van der Waals surface area contributed by atoms with Crippen LogP contribution >= 0.6 is 0 Å². The van der Waals surface area contributed by atoms with Gasteiger partial charge in [0.05, 0.1) is 0 Å². The van der Waals surface area contributed by atoms with Crippen LogP contribution in [0.2, 0.25) is 0 Å². The molecule has 0 aliphatic carbocycles. The number of ether oxygens (including phenoxy) is 1. The average Bonchev–Trinajstić information content (AvgIpc) is 2.16. The summed E-state index contributed by atoms with van der Waals surface area (Å²) < 4.78 is 5.06. The fraction of sp³-hybridized carbons (Fsp3) is 0.417. The van der Waals surface area contributed by atoms with Crippen molar-refractivity contribution in [2.24, 2.45) is 0 Å². The molecule has 0 saturated heterocycles. The molecule has 1 rings (SSSR count). The predicted molar refractivity (Wildman–Crippen MR) is 56.0 cm³/mol. The second kappa shape index (κ2) is 4.80. The van der Waals surface area contributed by atoms with Crippen molar-refractivity contribution in [3.8, 4) is 0 Å². The molecule has 0 N–H and O–H groups in total. The molecule has 0 spiro atoms. The number of esters is 1. The van der Waals surface area contributed by atoms with E-state index in [0.29, 0.717) is 13.0 Å². The molecular weight excluding hydrogens is 176 g/mol. The van der Waals surface area contributed by atoms with Gasteiger partial charge in [-0.25, -0.2) is 0 Å². The number of hydrogen-bond donors (Lipinski definition) is 0. The Morgan fingerprint density at radius 2 is 2.07 bits per heavy atom. The highest BCUT2D eigenvalue weighted by molar-refractivity contribution is 5.68. The summed E-state index contributed by atoms with van der Waals surface area (Å²) in [5.74, 6) is -0.148. The first-order valence-electron chi connectivity index (χ1n) is 4.85. The minimum atomic E-state index is -0.148. The molecule has 0 unspecified atom stereocenters. The molecule has 2 nitrogen and oxygen atoms in total. The van der Waals surface area contributed by atoms with Gasteiger partial charge in [-0.1, -0.05) is 30.7 Å². The Hall–Kier alpha value is -1.31. The summed E-state index contributed by atoms with van der Waals surface area (Å²) in [6.07, 6.45) is 0.435. The highest BCUT2D eigenvalue weighted by Crippen LogP contribution is 2.11. The third kappa shape index (κ3) is 2.87. The summed E-state index contributed by atoms with van der Waals surface area (Å²) in [6.45, 7) is 6.26. The van der Waals surface area contributed by atoms with Crippen molar-refractivity contribution in [2.45, 2.75) is 33.8 Å². The lowest BCUT2D eigenvalue weighted by Crippen LogP contribution is -2.03. The minimum Gasteiger partial charge on any atom is -0.461 e. The molecule has 1 aromatic rings. The van der Waals surface area contributed by atoms with Gasteiger partial charge in [0.2, 0.25) is 0 Å². The maximum absolute atomic E-state index is 10.9. The van der Waals surface area contributed by atoms with Gasteiger partial charge in [0.15, 0.2) is 0 Å². The SMILES string of the molecule is CCC(=O)OCc1ccc(C)cc1C. The van der Waals surface area contributed by atoms with E-state index in [-0.39, 0.29) is 5.97 Å². The Morgan fingerprint density at radius 3 is 2.64 bits per heavy atom. The van der Waals surface area contributed by atoms with Crippen LogP contribution in [0.1, 0.15) is 30.0 Å².